The second-order valence-corrected chi connectivity index (χ2v) is 12.9. The van der Waals surface area contributed by atoms with Crippen LogP contribution in [0.15, 0.2) is 11.6 Å². The van der Waals surface area contributed by atoms with Crippen LogP contribution in [-0.2, 0) is 0 Å². The maximum absolute atomic E-state index is 2.75. The van der Waals surface area contributed by atoms with E-state index in [0.29, 0.717) is 16.2 Å². The lowest BCUT2D eigenvalue weighted by Crippen LogP contribution is -2.49. The van der Waals surface area contributed by atoms with Crippen molar-refractivity contribution in [2.75, 3.05) is 0 Å². The summed E-state index contributed by atoms with van der Waals surface area (Å²) in [6, 6.07) is 0. The third-order valence-corrected chi connectivity index (χ3v) is 10.8. The molecule has 0 aromatic rings. The highest BCUT2D eigenvalue weighted by molar-refractivity contribution is 5.24. The van der Waals surface area contributed by atoms with E-state index in [-0.39, 0.29) is 7.43 Å². The van der Waals surface area contributed by atoms with Crippen LogP contribution in [0.5, 0.6) is 0 Å². The molecule has 30 heavy (non-hydrogen) atoms. The van der Waals surface area contributed by atoms with Gasteiger partial charge in [0.05, 0.1) is 0 Å². The van der Waals surface area contributed by atoms with Crippen molar-refractivity contribution in [2.45, 2.75) is 138 Å². The molecule has 3 saturated carbocycles. The molecule has 0 spiro atoms. The van der Waals surface area contributed by atoms with Gasteiger partial charge in [-0.1, -0.05) is 79.4 Å². The van der Waals surface area contributed by atoms with Gasteiger partial charge in [-0.2, -0.15) is 0 Å². The minimum absolute atomic E-state index is 0. The molecule has 0 heteroatoms. The summed E-state index contributed by atoms with van der Waals surface area (Å²) in [7, 11) is 0. The molecule has 0 N–H and O–H groups in total. The molecule has 0 saturated heterocycles. The van der Waals surface area contributed by atoms with Crippen molar-refractivity contribution in [3.05, 3.63) is 11.6 Å². The summed E-state index contributed by atoms with van der Waals surface area (Å²) in [6.07, 6.45) is 24.8. The van der Waals surface area contributed by atoms with Gasteiger partial charge in [-0.05, 0) is 111 Å². The van der Waals surface area contributed by atoms with E-state index in [1.165, 1.54) is 89.9 Å². The average Bonchev–Trinajstić information content (AvgIpc) is 3.01. The first-order valence-corrected chi connectivity index (χ1v) is 13.5. The van der Waals surface area contributed by atoms with Gasteiger partial charge in [-0.3, -0.25) is 0 Å². The van der Waals surface area contributed by atoms with Crippen molar-refractivity contribution >= 4 is 0 Å². The minimum Gasteiger partial charge on any atom is -0.0845 e. The first-order chi connectivity index (χ1) is 13.8. The van der Waals surface area contributed by atoms with Crippen LogP contribution in [0.25, 0.3) is 0 Å². The SMILES string of the molecule is C.CCCC(C)(C)CCCCC1CCC2C3CC=C4CCCCC4(C)C3CCC12C. The van der Waals surface area contributed by atoms with Gasteiger partial charge < -0.3 is 0 Å². The quantitative estimate of drug-likeness (QED) is 0.287. The molecule has 4 aliphatic carbocycles. The summed E-state index contributed by atoms with van der Waals surface area (Å²) in [5, 5.41) is 0. The fourth-order valence-electron chi connectivity index (χ4n) is 9.08. The van der Waals surface area contributed by atoms with Crippen LogP contribution in [0.3, 0.4) is 0 Å². The minimum atomic E-state index is 0. The van der Waals surface area contributed by atoms with Crippen molar-refractivity contribution in [1.29, 1.82) is 0 Å². The largest absolute Gasteiger partial charge is 0.0845 e. The van der Waals surface area contributed by atoms with Crippen LogP contribution in [-0.4, -0.2) is 0 Å². The van der Waals surface area contributed by atoms with Crippen molar-refractivity contribution in [3.63, 3.8) is 0 Å². The molecule has 0 bridgehead atoms. The normalized spacial score (nSPS) is 40.6. The Kier molecular flexibility index (Phi) is 7.57. The van der Waals surface area contributed by atoms with E-state index in [1.807, 2.05) is 5.57 Å². The summed E-state index contributed by atoms with van der Waals surface area (Å²) in [4.78, 5) is 0. The fraction of sp³-hybridized carbons (Fsp3) is 0.933. The van der Waals surface area contributed by atoms with E-state index in [9.17, 15) is 0 Å². The van der Waals surface area contributed by atoms with E-state index in [1.54, 1.807) is 6.42 Å². The smallest absolute Gasteiger partial charge is 0.00853 e. The van der Waals surface area contributed by atoms with Crippen molar-refractivity contribution in [2.24, 2.45) is 39.9 Å². The third kappa shape index (κ3) is 4.32. The Morgan fingerprint density at radius 3 is 2.53 bits per heavy atom. The zero-order valence-electron chi connectivity index (χ0n) is 20.5. The van der Waals surface area contributed by atoms with E-state index in [2.05, 4.69) is 40.7 Å². The Balaban J connectivity index is 0.00000256. The van der Waals surface area contributed by atoms with Gasteiger partial charge in [0.1, 0.15) is 0 Å². The second-order valence-electron chi connectivity index (χ2n) is 12.9. The van der Waals surface area contributed by atoms with E-state index < -0.39 is 0 Å². The van der Waals surface area contributed by atoms with Gasteiger partial charge in [0.15, 0.2) is 0 Å². The van der Waals surface area contributed by atoms with Gasteiger partial charge in [0.25, 0.3) is 0 Å². The molecule has 0 amide bonds. The van der Waals surface area contributed by atoms with Crippen molar-refractivity contribution in [3.8, 4) is 0 Å². The monoisotopic (exact) mass is 414 g/mol. The Hall–Kier alpha value is -0.260. The number of fused-ring (bicyclic) bond motifs is 5. The average molecular weight is 415 g/mol. The van der Waals surface area contributed by atoms with Crippen LogP contribution < -0.4 is 0 Å². The topological polar surface area (TPSA) is 0 Å². The lowest BCUT2D eigenvalue weighted by Gasteiger charge is -2.57. The molecule has 0 aromatic heterocycles. The van der Waals surface area contributed by atoms with Crippen LogP contribution in [0.1, 0.15) is 138 Å². The van der Waals surface area contributed by atoms with Crippen molar-refractivity contribution < 1.29 is 0 Å². The molecule has 3 fully saturated rings. The number of rotatable bonds is 7. The highest BCUT2D eigenvalue weighted by atomic mass is 14.6. The lowest BCUT2D eigenvalue weighted by molar-refractivity contribution is -0.0425. The van der Waals surface area contributed by atoms with Crippen LogP contribution in [0, 0.1) is 39.9 Å². The highest BCUT2D eigenvalue weighted by Gasteiger charge is 2.57. The summed E-state index contributed by atoms with van der Waals surface area (Å²) < 4.78 is 0. The molecular formula is C30H54. The zero-order chi connectivity index (χ0) is 20.7. The van der Waals surface area contributed by atoms with Gasteiger partial charge in [0.2, 0.25) is 0 Å². The first-order valence-electron chi connectivity index (χ1n) is 13.5. The van der Waals surface area contributed by atoms with Crippen LogP contribution in [0.4, 0.5) is 0 Å². The summed E-state index contributed by atoms with van der Waals surface area (Å²) in [5.41, 5.74) is 3.68. The molecule has 0 heterocycles. The predicted molar refractivity (Wildman–Crippen MR) is 134 cm³/mol. The summed E-state index contributed by atoms with van der Waals surface area (Å²) >= 11 is 0. The highest BCUT2D eigenvalue weighted by Crippen LogP contribution is 2.66. The molecule has 174 valence electrons. The van der Waals surface area contributed by atoms with Crippen LogP contribution >= 0.6 is 0 Å². The Bertz CT molecular complexity index is 597. The lowest BCUT2D eigenvalue weighted by atomic mass is 9.47. The Morgan fingerprint density at radius 2 is 1.77 bits per heavy atom. The molecule has 6 unspecified atom stereocenters. The number of allylic oxidation sites excluding steroid dienone is 2. The predicted octanol–water partition coefficient (Wildman–Crippen LogP) is 9.98. The molecule has 6 atom stereocenters. The zero-order valence-corrected chi connectivity index (χ0v) is 20.5. The number of hydrogen-bond donors (Lipinski definition) is 0. The third-order valence-electron chi connectivity index (χ3n) is 10.8. The van der Waals surface area contributed by atoms with E-state index in [4.69, 9.17) is 0 Å². The van der Waals surface area contributed by atoms with E-state index >= 15 is 0 Å². The molecule has 0 aromatic carbocycles. The van der Waals surface area contributed by atoms with Crippen molar-refractivity contribution in [1.82, 2.24) is 0 Å². The standard InChI is InChI=1S/C29H50.CH4/c1-6-18-27(2,3)19-9-7-11-23-14-16-25-24-15-13-22-12-8-10-20-28(22,4)26(24)17-21-29(23,25)5;/h13,23-26H,6-12,14-21H2,1-5H3;1H4. The van der Waals surface area contributed by atoms with Gasteiger partial charge in [-0.15, -0.1) is 0 Å². The Morgan fingerprint density at radius 1 is 0.967 bits per heavy atom. The first kappa shape index (κ1) is 24.4. The number of hydrogen-bond acceptors (Lipinski definition) is 0. The molecule has 0 nitrogen and oxygen atoms in total. The molecular weight excluding hydrogens is 360 g/mol. The Labute approximate surface area is 190 Å². The maximum Gasteiger partial charge on any atom is -0.00853 e. The number of unbranched alkanes of at least 4 members (excludes halogenated alkanes) is 1. The van der Waals surface area contributed by atoms with Gasteiger partial charge in [-0.25, -0.2) is 0 Å². The molecule has 0 radical (unpaired) electrons. The fourth-order valence-corrected chi connectivity index (χ4v) is 9.08. The van der Waals surface area contributed by atoms with Gasteiger partial charge in [0, 0.05) is 0 Å². The van der Waals surface area contributed by atoms with E-state index in [0.717, 1.165) is 23.7 Å². The molecule has 0 aliphatic heterocycles. The van der Waals surface area contributed by atoms with Gasteiger partial charge >= 0.3 is 0 Å². The second kappa shape index (κ2) is 9.31. The summed E-state index contributed by atoms with van der Waals surface area (Å²) in [5.74, 6) is 4.06. The maximum atomic E-state index is 2.75. The molecule has 4 aliphatic rings. The van der Waals surface area contributed by atoms with Crippen LogP contribution in [0.2, 0.25) is 0 Å². The molecule has 4 rings (SSSR count). The summed E-state index contributed by atoms with van der Waals surface area (Å²) in [6.45, 7) is 12.7.